The van der Waals surface area contributed by atoms with Gasteiger partial charge in [-0.05, 0) is 13.0 Å². The fraction of sp³-hybridized carbons (Fsp3) is 0.286. The summed E-state index contributed by atoms with van der Waals surface area (Å²) in [6.07, 6.45) is 1.70. The Morgan fingerprint density at radius 2 is 2.50 bits per heavy atom. The van der Waals surface area contributed by atoms with E-state index in [0.717, 1.165) is 15.6 Å². The number of hydrogen-bond acceptors (Lipinski definition) is 3. The fourth-order valence-electron chi connectivity index (χ4n) is 0.722. The van der Waals surface area contributed by atoms with Crippen molar-refractivity contribution in [2.75, 3.05) is 0 Å². The van der Waals surface area contributed by atoms with E-state index in [9.17, 15) is 0 Å². The Labute approximate surface area is 63.9 Å². The van der Waals surface area contributed by atoms with Gasteiger partial charge in [0.2, 0.25) is 0 Å². The number of thiazole rings is 1. The molecule has 0 saturated carbocycles. The van der Waals surface area contributed by atoms with Crippen LogP contribution in [0.5, 0.6) is 0 Å². The lowest BCUT2D eigenvalue weighted by molar-refractivity contribution is 0.281. The van der Waals surface area contributed by atoms with Crippen LogP contribution in [0.2, 0.25) is 0 Å². The second-order valence-corrected chi connectivity index (χ2v) is 3.20. The second-order valence-electron chi connectivity index (χ2n) is 1.91. The largest absolute Gasteiger partial charge is 0.389 e. The van der Waals surface area contributed by atoms with Crippen molar-refractivity contribution < 1.29 is 5.11 Å². The molecule has 54 valence electrons. The lowest BCUT2D eigenvalue weighted by atomic mass is 10.4. The summed E-state index contributed by atoms with van der Waals surface area (Å²) in [5, 5.41) is 9.44. The third kappa shape index (κ3) is 1.25. The number of aliphatic hydroxyl groups is 1. The molecule has 1 N–H and O–H groups in total. The summed E-state index contributed by atoms with van der Waals surface area (Å²) >= 11 is 1.51. The minimum atomic E-state index is 0.0271. The predicted octanol–water partition coefficient (Wildman–Crippen LogP) is 1.59. The normalized spacial score (nSPS) is 9.80. The van der Waals surface area contributed by atoms with Crippen molar-refractivity contribution in [3.63, 3.8) is 0 Å². The van der Waals surface area contributed by atoms with Crippen molar-refractivity contribution in [1.82, 2.24) is 4.98 Å². The smallest absolute Gasteiger partial charge is 0.119 e. The maximum absolute atomic E-state index is 8.68. The van der Waals surface area contributed by atoms with E-state index in [1.54, 1.807) is 6.08 Å². The molecule has 0 atom stereocenters. The molecule has 1 heterocycles. The highest BCUT2D eigenvalue weighted by atomic mass is 32.1. The first-order chi connectivity index (χ1) is 4.77. The van der Waals surface area contributed by atoms with Crippen LogP contribution in [0, 0.1) is 6.92 Å². The molecule has 0 aliphatic heterocycles. The summed E-state index contributed by atoms with van der Waals surface area (Å²) in [4.78, 5) is 5.21. The summed E-state index contributed by atoms with van der Waals surface area (Å²) in [6.45, 7) is 5.60. The first-order valence-corrected chi connectivity index (χ1v) is 3.79. The van der Waals surface area contributed by atoms with Gasteiger partial charge in [0.25, 0.3) is 0 Å². The van der Waals surface area contributed by atoms with Crippen molar-refractivity contribution in [3.8, 4) is 0 Å². The molecule has 0 aliphatic carbocycles. The van der Waals surface area contributed by atoms with Gasteiger partial charge in [0.15, 0.2) is 0 Å². The third-order valence-electron chi connectivity index (χ3n) is 1.21. The highest BCUT2D eigenvalue weighted by Crippen LogP contribution is 2.17. The van der Waals surface area contributed by atoms with Crippen LogP contribution in [0.4, 0.5) is 0 Å². The van der Waals surface area contributed by atoms with Gasteiger partial charge in [0.1, 0.15) is 5.01 Å². The van der Waals surface area contributed by atoms with Gasteiger partial charge in [-0.15, -0.1) is 11.3 Å². The fourth-order valence-corrected chi connectivity index (χ4v) is 1.52. The Kier molecular flexibility index (Phi) is 2.19. The van der Waals surface area contributed by atoms with Gasteiger partial charge in [0.05, 0.1) is 12.3 Å². The van der Waals surface area contributed by atoms with Gasteiger partial charge < -0.3 is 5.11 Å². The molecule has 0 bridgehead atoms. The summed E-state index contributed by atoms with van der Waals surface area (Å²) in [5.74, 6) is 0. The van der Waals surface area contributed by atoms with E-state index in [2.05, 4.69) is 11.6 Å². The number of rotatable bonds is 2. The summed E-state index contributed by atoms with van der Waals surface area (Å²) in [5.41, 5.74) is 0.883. The second kappa shape index (κ2) is 2.94. The first-order valence-electron chi connectivity index (χ1n) is 2.97. The lowest BCUT2D eigenvalue weighted by Crippen LogP contribution is -1.79. The van der Waals surface area contributed by atoms with Crippen LogP contribution >= 0.6 is 11.3 Å². The molecule has 0 saturated heterocycles. The van der Waals surface area contributed by atoms with E-state index < -0.39 is 0 Å². The van der Waals surface area contributed by atoms with Gasteiger partial charge in [-0.1, -0.05) is 6.58 Å². The van der Waals surface area contributed by atoms with Crippen LogP contribution in [0.25, 0.3) is 6.08 Å². The third-order valence-corrected chi connectivity index (χ3v) is 2.18. The molecular formula is C7H9NOS. The van der Waals surface area contributed by atoms with E-state index >= 15 is 0 Å². The van der Waals surface area contributed by atoms with Gasteiger partial charge in [0, 0.05) is 4.88 Å². The number of nitrogens with zero attached hydrogens (tertiary/aromatic N) is 1. The molecule has 1 rings (SSSR count). The van der Waals surface area contributed by atoms with Crippen molar-refractivity contribution in [1.29, 1.82) is 0 Å². The molecule has 1 aromatic heterocycles. The van der Waals surface area contributed by atoms with Crippen molar-refractivity contribution in [2.45, 2.75) is 13.5 Å². The zero-order valence-corrected chi connectivity index (χ0v) is 6.61. The highest BCUT2D eigenvalue weighted by Gasteiger charge is 2.01. The monoisotopic (exact) mass is 155 g/mol. The average molecular weight is 155 g/mol. The Morgan fingerprint density at radius 3 is 2.80 bits per heavy atom. The number of hydrogen-bond donors (Lipinski definition) is 1. The van der Waals surface area contributed by atoms with Crippen LogP contribution in [0.1, 0.15) is 15.6 Å². The Balaban J connectivity index is 3.03. The standard InChI is InChI=1S/C7H9NOS/c1-3-6-5(2)10-7(4-9)8-6/h3,9H,1,4H2,2H3. The number of aryl methyl sites for hydroxylation is 1. The Morgan fingerprint density at radius 1 is 1.80 bits per heavy atom. The van der Waals surface area contributed by atoms with E-state index in [-0.39, 0.29) is 6.61 Å². The molecule has 0 unspecified atom stereocenters. The molecule has 10 heavy (non-hydrogen) atoms. The Bertz CT molecular complexity index is 242. The zero-order chi connectivity index (χ0) is 7.56. The van der Waals surface area contributed by atoms with E-state index in [4.69, 9.17) is 5.11 Å². The van der Waals surface area contributed by atoms with E-state index in [1.807, 2.05) is 6.92 Å². The molecule has 0 fully saturated rings. The molecule has 0 amide bonds. The van der Waals surface area contributed by atoms with Crippen LogP contribution in [0.15, 0.2) is 6.58 Å². The molecule has 0 aliphatic rings. The molecule has 0 radical (unpaired) electrons. The van der Waals surface area contributed by atoms with Gasteiger partial charge >= 0.3 is 0 Å². The summed E-state index contributed by atoms with van der Waals surface area (Å²) in [6, 6.07) is 0. The SMILES string of the molecule is C=Cc1nc(CO)sc1C. The predicted molar refractivity (Wildman–Crippen MR) is 42.9 cm³/mol. The molecule has 1 aromatic rings. The molecule has 2 nitrogen and oxygen atoms in total. The molecule has 0 spiro atoms. The molecule has 0 aromatic carbocycles. The van der Waals surface area contributed by atoms with Crippen molar-refractivity contribution in [2.24, 2.45) is 0 Å². The van der Waals surface area contributed by atoms with Crippen LogP contribution in [0.3, 0.4) is 0 Å². The van der Waals surface area contributed by atoms with Crippen LogP contribution in [-0.2, 0) is 6.61 Å². The highest BCUT2D eigenvalue weighted by molar-refractivity contribution is 7.11. The first kappa shape index (κ1) is 7.44. The number of aliphatic hydroxyl groups excluding tert-OH is 1. The lowest BCUT2D eigenvalue weighted by Gasteiger charge is -1.81. The quantitative estimate of drug-likeness (QED) is 0.703. The van der Waals surface area contributed by atoms with Crippen LogP contribution < -0.4 is 0 Å². The van der Waals surface area contributed by atoms with Gasteiger partial charge in [-0.2, -0.15) is 0 Å². The maximum Gasteiger partial charge on any atom is 0.119 e. The zero-order valence-electron chi connectivity index (χ0n) is 5.79. The van der Waals surface area contributed by atoms with Crippen LogP contribution in [-0.4, -0.2) is 10.1 Å². The minimum absolute atomic E-state index is 0.0271. The Hall–Kier alpha value is -0.670. The minimum Gasteiger partial charge on any atom is -0.389 e. The summed E-state index contributed by atoms with van der Waals surface area (Å²) < 4.78 is 0. The van der Waals surface area contributed by atoms with Crippen molar-refractivity contribution >= 4 is 17.4 Å². The van der Waals surface area contributed by atoms with Crippen molar-refractivity contribution in [3.05, 3.63) is 22.2 Å². The van der Waals surface area contributed by atoms with E-state index in [1.165, 1.54) is 11.3 Å². The topological polar surface area (TPSA) is 33.1 Å². The average Bonchev–Trinajstić information content (AvgIpc) is 2.30. The summed E-state index contributed by atoms with van der Waals surface area (Å²) in [7, 11) is 0. The van der Waals surface area contributed by atoms with Gasteiger partial charge in [-0.25, -0.2) is 4.98 Å². The molecule has 3 heteroatoms. The number of aromatic nitrogens is 1. The molecular weight excluding hydrogens is 146 g/mol. The van der Waals surface area contributed by atoms with E-state index in [0.29, 0.717) is 0 Å². The maximum atomic E-state index is 8.68. The van der Waals surface area contributed by atoms with Gasteiger partial charge in [-0.3, -0.25) is 0 Å².